The standard InChI is InChI=1S/C24H23N3O3S2/c28-32(29,20-6-2-1-3-7-20)23-16-25-14-15-27(23)17-18-10-12-19(13-11-18)30-24-26-21-8-4-5-9-22(21)31-24/h1-13,23,25H,14-17H2. The van der Waals surface area contributed by atoms with Crippen LogP contribution in [-0.4, -0.2) is 43.3 Å². The molecule has 8 heteroatoms. The molecular formula is C24H23N3O3S2. The average molecular weight is 466 g/mol. The van der Waals surface area contributed by atoms with Crippen molar-refractivity contribution in [3.8, 4) is 10.9 Å². The quantitative estimate of drug-likeness (QED) is 0.458. The normalized spacial score (nSPS) is 17.4. The van der Waals surface area contributed by atoms with Crippen LogP contribution in [0.1, 0.15) is 5.56 Å². The van der Waals surface area contributed by atoms with Gasteiger partial charge in [0.25, 0.3) is 5.19 Å². The Morgan fingerprint density at radius 2 is 1.75 bits per heavy atom. The van der Waals surface area contributed by atoms with E-state index < -0.39 is 15.2 Å². The summed E-state index contributed by atoms with van der Waals surface area (Å²) in [6.45, 7) is 2.40. The van der Waals surface area contributed by atoms with Crippen molar-refractivity contribution in [2.45, 2.75) is 16.8 Å². The Bertz CT molecular complexity index is 1270. The molecule has 0 amide bonds. The molecule has 0 radical (unpaired) electrons. The van der Waals surface area contributed by atoms with Crippen molar-refractivity contribution in [3.05, 3.63) is 84.4 Å². The Hall–Kier alpha value is -2.78. The molecule has 32 heavy (non-hydrogen) atoms. The first-order chi connectivity index (χ1) is 15.6. The van der Waals surface area contributed by atoms with Gasteiger partial charge in [-0.2, -0.15) is 0 Å². The molecule has 1 fully saturated rings. The summed E-state index contributed by atoms with van der Waals surface area (Å²) >= 11 is 1.51. The molecule has 4 aromatic rings. The monoisotopic (exact) mass is 465 g/mol. The summed E-state index contributed by atoms with van der Waals surface area (Å²) in [7, 11) is -3.46. The predicted molar refractivity (Wildman–Crippen MR) is 127 cm³/mol. The van der Waals surface area contributed by atoms with E-state index in [1.165, 1.54) is 11.3 Å². The van der Waals surface area contributed by atoms with E-state index in [2.05, 4.69) is 10.3 Å². The van der Waals surface area contributed by atoms with Crippen molar-refractivity contribution in [2.75, 3.05) is 19.6 Å². The number of para-hydroxylation sites is 1. The number of sulfone groups is 1. The molecule has 1 N–H and O–H groups in total. The van der Waals surface area contributed by atoms with Gasteiger partial charge < -0.3 is 10.1 Å². The molecule has 1 aromatic heterocycles. The second-order valence-corrected chi connectivity index (χ2v) is 10.8. The Labute approximate surface area is 191 Å². The van der Waals surface area contributed by atoms with E-state index in [0.29, 0.717) is 35.5 Å². The molecule has 1 saturated heterocycles. The number of hydrogen-bond acceptors (Lipinski definition) is 7. The number of nitrogens with one attached hydrogen (secondary N) is 1. The van der Waals surface area contributed by atoms with E-state index in [0.717, 1.165) is 22.3 Å². The SMILES string of the molecule is O=S(=O)(c1ccccc1)C1CNCCN1Cc1ccc(Oc2nc3ccccc3s2)cc1. The van der Waals surface area contributed by atoms with Gasteiger partial charge in [0.1, 0.15) is 11.1 Å². The number of benzene rings is 3. The molecule has 6 nitrogen and oxygen atoms in total. The fraction of sp³-hybridized carbons (Fsp3) is 0.208. The molecule has 0 aliphatic carbocycles. The van der Waals surface area contributed by atoms with Crippen molar-refractivity contribution in [3.63, 3.8) is 0 Å². The van der Waals surface area contributed by atoms with Crippen LogP contribution < -0.4 is 10.1 Å². The lowest BCUT2D eigenvalue weighted by atomic mass is 10.2. The molecular weight excluding hydrogens is 442 g/mol. The Balaban J connectivity index is 1.30. The molecule has 5 rings (SSSR count). The molecule has 3 aromatic carbocycles. The van der Waals surface area contributed by atoms with Crippen LogP contribution in [0.15, 0.2) is 83.8 Å². The van der Waals surface area contributed by atoms with Gasteiger partial charge in [-0.05, 0) is 42.0 Å². The molecule has 0 spiro atoms. The lowest BCUT2D eigenvalue weighted by molar-refractivity contribution is 0.202. The Morgan fingerprint density at radius 3 is 2.53 bits per heavy atom. The maximum atomic E-state index is 13.2. The molecule has 0 bridgehead atoms. The van der Waals surface area contributed by atoms with Gasteiger partial charge in [-0.1, -0.05) is 53.8 Å². The fourth-order valence-electron chi connectivity index (χ4n) is 3.87. The maximum absolute atomic E-state index is 13.2. The number of hydrogen-bond donors (Lipinski definition) is 1. The zero-order valence-corrected chi connectivity index (χ0v) is 19.0. The van der Waals surface area contributed by atoms with Crippen LogP contribution >= 0.6 is 11.3 Å². The highest BCUT2D eigenvalue weighted by atomic mass is 32.2. The van der Waals surface area contributed by atoms with Crippen LogP contribution in [0.5, 0.6) is 10.9 Å². The Kier molecular flexibility index (Phi) is 5.93. The number of nitrogens with zero attached hydrogens (tertiary/aromatic N) is 2. The second kappa shape index (κ2) is 8.99. The van der Waals surface area contributed by atoms with Crippen LogP contribution in [0.2, 0.25) is 0 Å². The van der Waals surface area contributed by atoms with Gasteiger partial charge in [-0.3, -0.25) is 4.90 Å². The van der Waals surface area contributed by atoms with Crippen LogP contribution in [-0.2, 0) is 16.4 Å². The molecule has 1 aliphatic rings. The predicted octanol–water partition coefficient (Wildman–Crippen LogP) is 4.29. The molecule has 1 atom stereocenters. The minimum atomic E-state index is -3.46. The van der Waals surface area contributed by atoms with E-state index in [1.54, 1.807) is 24.3 Å². The van der Waals surface area contributed by atoms with Gasteiger partial charge in [0, 0.05) is 26.2 Å². The van der Waals surface area contributed by atoms with Gasteiger partial charge >= 0.3 is 0 Å². The largest absolute Gasteiger partial charge is 0.431 e. The summed E-state index contributed by atoms with van der Waals surface area (Å²) in [6, 6.07) is 24.4. The number of piperazine rings is 1. The second-order valence-electron chi connectivity index (χ2n) is 7.68. The zero-order valence-electron chi connectivity index (χ0n) is 17.3. The summed E-state index contributed by atoms with van der Waals surface area (Å²) in [5.74, 6) is 0.710. The lowest BCUT2D eigenvalue weighted by Gasteiger charge is -2.35. The number of ether oxygens (including phenoxy) is 1. The average Bonchev–Trinajstić information content (AvgIpc) is 3.23. The highest BCUT2D eigenvalue weighted by Gasteiger charge is 2.34. The van der Waals surface area contributed by atoms with Gasteiger partial charge in [0.05, 0.1) is 15.1 Å². The smallest absolute Gasteiger partial charge is 0.279 e. The van der Waals surface area contributed by atoms with E-state index in [4.69, 9.17) is 4.74 Å². The summed E-state index contributed by atoms with van der Waals surface area (Å²) < 4.78 is 33.4. The van der Waals surface area contributed by atoms with Gasteiger partial charge in [-0.25, -0.2) is 13.4 Å². The number of aromatic nitrogens is 1. The molecule has 164 valence electrons. The number of rotatable bonds is 6. The highest BCUT2D eigenvalue weighted by Crippen LogP contribution is 2.31. The van der Waals surface area contributed by atoms with Gasteiger partial charge in [0.15, 0.2) is 9.84 Å². The van der Waals surface area contributed by atoms with Gasteiger partial charge in [-0.15, -0.1) is 0 Å². The van der Waals surface area contributed by atoms with Crippen molar-refractivity contribution in [1.29, 1.82) is 0 Å². The molecule has 2 heterocycles. The van der Waals surface area contributed by atoms with Crippen LogP contribution in [0.3, 0.4) is 0 Å². The molecule has 1 unspecified atom stereocenters. The van der Waals surface area contributed by atoms with Gasteiger partial charge in [0.2, 0.25) is 0 Å². The van der Waals surface area contributed by atoms with Crippen molar-refractivity contribution in [2.24, 2.45) is 0 Å². The van der Waals surface area contributed by atoms with Crippen LogP contribution in [0.4, 0.5) is 0 Å². The fourth-order valence-corrected chi connectivity index (χ4v) is 6.46. The first-order valence-electron chi connectivity index (χ1n) is 10.5. The third kappa shape index (κ3) is 4.40. The third-order valence-electron chi connectivity index (χ3n) is 5.52. The summed E-state index contributed by atoms with van der Waals surface area (Å²) in [4.78, 5) is 6.89. The zero-order chi connectivity index (χ0) is 22.0. The highest BCUT2D eigenvalue weighted by molar-refractivity contribution is 7.92. The topological polar surface area (TPSA) is 71.5 Å². The summed E-state index contributed by atoms with van der Waals surface area (Å²) in [6.07, 6.45) is 0. The lowest BCUT2D eigenvalue weighted by Crippen LogP contribution is -2.54. The maximum Gasteiger partial charge on any atom is 0.279 e. The van der Waals surface area contributed by atoms with E-state index in [9.17, 15) is 8.42 Å². The number of thiazole rings is 1. The molecule has 0 saturated carbocycles. The molecule has 1 aliphatic heterocycles. The summed E-state index contributed by atoms with van der Waals surface area (Å²) in [5.41, 5.74) is 1.96. The minimum Gasteiger partial charge on any atom is -0.431 e. The van der Waals surface area contributed by atoms with Crippen LogP contribution in [0, 0.1) is 0 Å². The third-order valence-corrected chi connectivity index (χ3v) is 8.55. The van der Waals surface area contributed by atoms with E-state index >= 15 is 0 Å². The Morgan fingerprint density at radius 1 is 1.00 bits per heavy atom. The van der Waals surface area contributed by atoms with Crippen molar-refractivity contribution >= 4 is 31.4 Å². The van der Waals surface area contributed by atoms with Crippen LogP contribution in [0.25, 0.3) is 10.2 Å². The van der Waals surface area contributed by atoms with Crippen molar-refractivity contribution in [1.82, 2.24) is 15.2 Å². The summed E-state index contributed by atoms with van der Waals surface area (Å²) in [5, 5.41) is 3.23. The minimum absolute atomic E-state index is 0.360. The number of fused-ring (bicyclic) bond motifs is 1. The van der Waals surface area contributed by atoms with E-state index in [1.807, 2.05) is 59.5 Å². The van der Waals surface area contributed by atoms with E-state index in [-0.39, 0.29) is 0 Å². The first kappa shape index (κ1) is 21.1. The van der Waals surface area contributed by atoms with Crippen molar-refractivity contribution < 1.29 is 13.2 Å². The first-order valence-corrected chi connectivity index (χ1v) is 12.8.